The van der Waals surface area contributed by atoms with Crippen LogP contribution in [0.2, 0.25) is 0 Å². The summed E-state index contributed by atoms with van der Waals surface area (Å²) in [5.74, 6) is -1.84. The number of hydrogen-bond donors (Lipinski definition) is 1. The molecule has 4 unspecified atom stereocenters. The predicted octanol–water partition coefficient (Wildman–Crippen LogP) is 3.83. The van der Waals surface area contributed by atoms with Crippen LogP contribution in [0.25, 0.3) is 10.8 Å². The van der Waals surface area contributed by atoms with Gasteiger partial charge in [0.15, 0.2) is 0 Å². The molecule has 7 rings (SSSR count). The first kappa shape index (κ1) is 19.9. The number of amides is 3. The van der Waals surface area contributed by atoms with Gasteiger partial charge < -0.3 is 5.32 Å². The van der Waals surface area contributed by atoms with Gasteiger partial charge in [0, 0.05) is 22.7 Å². The van der Waals surface area contributed by atoms with Crippen LogP contribution < -0.4 is 10.2 Å². The Balaban J connectivity index is 1.45. The number of nitrogens with zero attached hydrogens (tertiary/aromatic N) is 2. The Hall–Kier alpha value is -3.51. The van der Waals surface area contributed by atoms with Crippen molar-refractivity contribution in [2.75, 3.05) is 16.8 Å². The second kappa shape index (κ2) is 6.76. The normalized spacial score (nSPS) is 29.7. The van der Waals surface area contributed by atoms with Crippen LogP contribution in [0, 0.1) is 11.8 Å². The third-order valence-corrected chi connectivity index (χ3v) is 8.47. The van der Waals surface area contributed by atoms with Gasteiger partial charge in [-0.1, -0.05) is 55.5 Å². The van der Waals surface area contributed by atoms with E-state index in [9.17, 15) is 14.4 Å². The summed E-state index contributed by atoms with van der Waals surface area (Å²) in [6.07, 6.45) is 2.58. The summed E-state index contributed by atoms with van der Waals surface area (Å²) >= 11 is 0. The first-order valence-electron chi connectivity index (χ1n) is 12.1. The first-order chi connectivity index (χ1) is 16.6. The highest BCUT2D eigenvalue weighted by atomic mass is 16.2. The Kier molecular flexibility index (Phi) is 3.96. The van der Waals surface area contributed by atoms with Gasteiger partial charge in [-0.3, -0.25) is 19.3 Å². The monoisotopic (exact) mass is 451 g/mol. The van der Waals surface area contributed by atoms with E-state index >= 15 is 0 Å². The second-order valence-corrected chi connectivity index (χ2v) is 9.87. The zero-order valence-corrected chi connectivity index (χ0v) is 19.0. The minimum atomic E-state index is -1.13. The Morgan fingerprint density at radius 2 is 1.82 bits per heavy atom. The molecule has 6 nitrogen and oxygen atoms in total. The highest BCUT2D eigenvalue weighted by molar-refractivity contribution is 6.28. The Morgan fingerprint density at radius 1 is 1.00 bits per heavy atom. The number of fused-ring (bicyclic) bond motifs is 8. The molecule has 170 valence electrons. The summed E-state index contributed by atoms with van der Waals surface area (Å²) in [6.45, 7) is 2.80. The van der Waals surface area contributed by atoms with Gasteiger partial charge in [-0.15, -0.1) is 0 Å². The average molecular weight is 452 g/mol. The largest absolute Gasteiger partial charge is 0.324 e. The van der Waals surface area contributed by atoms with Crippen LogP contribution in [0.15, 0.2) is 60.7 Å². The van der Waals surface area contributed by atoms with Crippen LogP contribution >= 0.6 is 0 Å². The maximum absolute atomic E-state index is 14.2. The maximum Gasteiger partial charge on any atom is 0.250 e. The van der Waals surface area contributed by atoms with E-state index in [0.717, 1.165) is 53.4 Å². The van der Waals surface area contributed by atoms with E-state index in [1.165, 1.54) is 4.90 Å². The number of hydrogen-bond acceptors (Lipinski definition) is 4. The first-order valence-corrected chi connectivity index (χ1v) is 12.1. The van der Waals surface area contributed by atoms with Crippen LogP contribution in [-0.4, -0.2) is 35.2 Å². The van der Waals surface area contributed by atoms with Crippen molar-refractivity contribution in [3.8, 4) is 0 Å². The molecule has 4 aliphatic heterocycles. The zero-order chi connectivity index (χ0) is 23.2. The van der Waals surface area contributed by atoms with Gasteiger partial charge in [0.25, 0.3) is 0 Å². The molecule has 0 saturated carbocycles. The Bertz CT molecular complexity index is 1410. The summed E-state index contributed by atoms with van der Waals surface area (Å²) in [5.41, 5.74) is 2.23. The SMILES string of the molecule is CCc1ccc2c(c1)C1(C(=O)N2)C2C(=O)N(c3cccc4ccccc34)C(=O)C2C2CCCN21. The van der Waals surface area contributed by atoms with E-state index in [0.29, 0.717) is 5.69 Å². The topological polar surface area (TPSA) is 69.7 Å². The molecule has 1 spiro atoms. The number of nitrogens with one attached hydrogen (secondary N) is 1. The fourth-order valence-corrected chi connectivity index (χ4v) is 7.11. The number of benzene rings is 3. The van der Waals surface area contributed by atoms with Crippen molar-refractivity contribution in [3.63, 3.8) is 0 Å². The van der Waals surface area contributed by atoms with E-state index in [2.05, 4.69) is 23.2 Å². The molecule has 34 heavy (non-hydrogen) atoms. The molecule has 4 aliphatic rings. The van der Waals surface area contributed by atoms with Gasteiger partial charge in [-0.05, 0) is 48.9 Å². The Labute approximate surface area is 197 Å². The number of carbonyl (C=O) groups is 3. The second-order valence-electron chi connectivity index (χ2n) is 9.87. The lowest BCUT2D eigenvalue weighted by Gasteiger charge is -2.37. The fraction of sp³-hybridized carbons (Fsp3) is 0.321. The van der Waals surface area contributed by atoms with E-state index in [1.54, 1.807) is 0 Å². The minimum Gasteiger partial charge on any atom is -0.324 e. The highest BCUT2D eigenvalue weighted by Crippen LogP contribution is 2.61. The molecule has 4 atom stereocenters. The number of carbonyl (C=O) groups excluding carboxylic acids is 3. The molecule has 0 bridgehead atoms. The summed E-state index contributed by atoms with van der Waals surface area (Å²) in [7, 11) is 0. The highest BCUT2D eigenvalue weighted by Gasteiger charge is 2.74. The number of aryl methyl sites for hydroxylation is 1. The van der Waals surface area contributed by atoms with Gasteiger partial charge in [-0.25, -0.2) is 4.90 Å². The maximum atomic E-state index is 14.2. The molecule has 3 amide bonds. The number of rotatable bonds is 2. The van der Waals surface area contributed by atoms with Gasteiger partial charge in [0.05, 0.1) is 17.5 Å². The summed E-state index contributed by atoms with van der Waals surface area (Å²) < 4.78 is 0. The summed E-state index contributed by atoms with van der Waals surface area (Å²) in [4.78, 5) is 45.6. The van der Waals surface area contributed by atoms with Gasteiger partial charge >= 0.3 is 0 Å². The van der Waals surface area contributed by atoms with Gasteiger partial charge in [0.2, 0.25) is 17.7 Å². The van der Waals surface area contributed by atoms with Crippen molar-refractivity contribution in [2.45, 2.75) is 37.8 Å². The lowest BCUT2D eigenvalue weighted by atomic mass is 9.75. The third kappa shape index (κ3) is 2.22. The van der Waals surface area contributed by atoms with Crippen molar-refractivity contribution in [1.29, 1.82) is 0 Å². The molecule has 4 heterocycles. The van der Waals surface area contributed by atoms with Gasteiger partial charge in [0.1, 0.15) is 5.54 Å². The van der Waals surface area contributed by atoms with Crippen LogP contribution in [0.3, 0.4) is 0 Å². The molecule has 3 aromatic rings. The van der Waals surface area contributed by atoms with Crippen LogP contribution in [-0.2, 0) is 26.3 Å². The van der Waals surface area contributed by atoms with E-state index < -0.39 is 17.4 Å². The third-order valence-electron chi connectivity index (χ3n) is 8.47. The van der Waals surface area contributed by atoms with Crippen molar-refractivity contribution < 1.29 is 14.4 Å². The lowest BCUT2D eigenvalue weighted by molar-refractivity contribution is -0.135. The molecule has 3 fully saturated rings. The number of imide groups is 1. The van der Waals surface area contributed by atoms with Crippen molar-refractivity contribution in [2.24, 2.45) is 11.8 Å². The van der Waals surface area contributed by atoms with E-state index in [1.807, 2.05) is 54.6 Å². The van der Waals surface area contributed by atoms with E-state index in [-0.39, 0.29) is 23.8 Å². The fourth-order valence-electron chi connectivity index (χ4n) is 7.11. The van der Waals surface area contributed by atoms with Crippen LogP contribution in [0.4, 0.5) is 11.4 Å². The van der Waals surface area contributed by atoms with Crippen molar-refractivity contribution in [3.05, 3.63) is 71.8 Å². The lowest BCUT2D eigenvalue weighted by Crippen LogP contribution is -2.54. The molecule has 0 aliphatic carbocycles. The van der Waals surface area contributed by atoms with Crippen LogP contribution in [0.1, 0.15) is 30.9 Å². The quantitative estimate of drug-likeness (QED) is 0.602. The molecule has 3 aromatic carbocycles. The molecular formula is C28H25N3O3. The predicted molar refractivity (Wildman–Crippen MR) is 129 cm³/mol. The van der Waals surface area contributed by atoms with E-state index in [4.69, 9.17) is 0 Å². The number of anilines is 2. The van der Waals surface area contributed by atoms with Crippen molar-refractivity contribution >= 4 is 39.9 Å². The molecule has 0 radical (unpaired) electrons. The Morgan fingerprint density at radius 3 is 2.68 bits per heavy atom. The molecule has 3 saturated heterocycles. The standard InChI is InChI=1S/C28H25N3O3/c1-2-16-12-13-20-19(15-16)28(27(34)29-20)24-23(22-11-6-14-30(22)28)25(32)31(26(24)33)21-10-5-8-17-7-3-4-9-18(17)21/h3-5,7-10,12-13,15,22-24H,2,6,11,14H2,1H3,(H,29,34). The molecule has 1 N–H and O–H groups in total. The van der Waals surface area contributed by atoms with Crippen molar-refractivity contribution in [1.82, 2.24) is 4.90 Å². The smallest absolute Gasteiger partial charge is 0.250 e. The molecular weight excluding hydrogens is 426 g/mol. The summed E-state index contributed by atoms with van der Waals surface area (Å²) in [6, 6.07) is 19.4. The zero-order valence-electron chi connectivity index (χ0n) is 19.0. The van der Waals surface area contributed by atoms with Gasteiger partial charge in [-0.2, -0.15) is 0 Å². The minimum absolute atomic E-state index is 0.108. The summed E-state index contributed by atoms with van der Waals surface area (Å²) in [5, 5.41) is 4.91. The average Bonchev–Trinajstić information content (AvgIpc) is 3.57. The molecule has 0 aromatic heterocycles. The molecule has 6 heteroatoms. The van der Waals surface area contributed by atoms with Crippen LogP contribution in [0.5, 0.6) is 0 Å².